The minimum Gasteiger partial charge on any atom is -0.283 e. The summed E-state index contributed by atoms with van der Waals surface area (Å²) in [5.74, 6) is 0. The van der Waals surface area contributed by atoms with Gasteiger partial charge in [0.05, 0.1) is 4.90 Å². The Morgan fingerprint density at radius 1 is 1.11 bits per heavy atom. The first-order valence-electron chi connectivity index (χ1n) is 4.78. The maximum atomic E-state index is 13.0. The second-order valence-electron chi connectivity index (χ2n) is 3.58. The summed E-state index contributed by atoms with van der Waals surface area (Å²) in [7, 11) is -10.1. The lowest BCUT2D eigenvalue weighted by atomic mass is 10.2. The summed E-state index contributed by atoms with van der Waals surface area (Å²) >= 11 is 0. The van der Waals surface area contributed by atoms with Crippen LogP contribution in [0.15, 0.2) is 29.2 Å². The van der Waals surface area contributed by atoms with E-state index in [0.29, 0.717) is 0 Å². The molecule has 0 radical (unpaired) electrons. The fourth-order valence-electron chi connectivity index (χ4n) is 1.06. The van der Waals surface area contributed by atoms with E-state index in [1.54, 1.807) is 6.92 Å². The van der Waals surface area contributed by atoms with Crippen molar-refractivity contribution in [3.8, 4) is 0 Å². The third-order valence-corrected chi connectivity index (χ3v) is 4.09. The van der Waals surface area contributed by atoms with Crippen LogP contribution in [0.3, 0.4) is 0 Å². The standard InChI is InChI=1S/C9H10F2O6S2/c1-6-2-4-7(5-3-6)19(15,16)17-8(10)9(11)18(12,13)14/h2-5,8-9H,1H3,(H,12,13,14). The Balaban J connectivity index is 2.95. The molecule has 0 fully saturated rings. The zero-order chi connectivity index (χ0) is 14.8. The van der Waals surface area contributed by atoms with E-state index in [4.69, 9.17) is 4.55 Å². The van der Waals surface area contributed by atoms with Crippen LogP contribution in [0.25, 0.3) is 0 Å². The van der Waals surface area contributed by atoms with Gasteiger partial charge in [-0.2, -0.15) is 16.8 Å². The summed E-state index contributed by atoms with van der Waals surface area (Å²) in [6.45, 7) is 1.67. The molecule has 0 saturated carbocycles. The van der Waals surface area contributed by atoms with Crippen molar-refractivity contribution in [3.05, 3.63) is 29.8 Å². The van der Waals surface area contributed by atoms with Gasteiger partial charge in [0, 0.05) is 0 Å². The second kappa shape index (κ2) is 5.49. The van der Waals surface area contributed by atoms with E-state index in [-0.39, 0.29) is 0 Å². The highest BCUT2D eigenvalue weighted by Crippen LogP contribution is 2.20. The highest BCUT2D eigenvalue weighted by molar-refractivity contribution is 7.87. The van der Waals surface area contributed by atoms with Crippen molar-refractivity contribution >= 4 is 20.2 Å². The number of rotatable bonds is 5. The molecule has 2 atom stereocenters. The number of aryl methyl sites for hydroxylation is 1. The van der Waals surface area contributed by atoms with E-state index < -0.39 is 37.0 Å². The predicted octanol–water partition coefficient (Wildman–Crippen LogP) is 1.18. The molecule has 0 spiro atoms. The van der Waals surface area contributed by atoms with Crippen molar-refractivity contribution in [2.75, 3.05) is 0 Å². The summed E-state index contributed by atoms with van der Waals surface area (Å²) < 4.78 is 81.4. The minimum atomic E-state index is -5.39. The number of benzene rings is 1. The predicted molar refractivity (Wildman–Crippen MR) is 60.8 cm³/mol. The van der Waals surface area contributed by atoms with Gasteiger partial charge in [-0.25, -0.2) is 13.0 Å². The molecule has 0 aliphatic heterocycles. The van der Waals surface area contributed by atoms with Gasteiger partial charge in [-0.1, -0.05) is 17.7 Å². The van der Waals surface area contributed by atoms with E-state index in [9.17, 15) is 25.6 Å². The molecule has 19 heavy (non-hydrogen) atoms. The van der Waals surface area contributed by atoms with Gasteiger partial charge in [0.15, 0.2) is 0 Å². The van der Waals surface area contributed by atoms with Crippen molar-refractivity contribution in [1.82, 2.24) is 0 Å². The van der Waals surface area contributed by atoms with Crippen molar-refractivity contribution < 1.29 is 34.4 Å². The van der Waals surface area contributed by atoms with Gasteiger partial charge >= 0.3 is 10.1 Å². The molecular formula is C9H10F2O6S2. The molecule has 1 aromatic rings. The first-order chi connectivity index (χ1) is 8.54. The van der Waals surface area contributed by atoms with Crippen LogP contribution >= 0.6 is 0 Å². The van der Waals surface area contributed by atoms with Crippen LogP contribution in [0.2, 0.25) is 0 Å². The number of hydrogen-bond acceptors (Lipinski definition) is 5. The lowest BCUT2D eigenvalue weighted by Crippen LogP contribution is -2.30. The Morgan fingerprint density at radius 2 is 1.58 bits per heavy atom. The zero-order valence-electron chi connectivity index (χ0n) is 9.52. The molecule has 0 aromatic heterocycles. The maximum Gasteiger partial charge on any atom is 0.303 e. The molecular weight excluding hydrogens is 306 g/mol. The molecule has 0 heterocycles. The molecule has 2 unspecified atom stereocenters. The Bertz CT molecular complexity index is 638. The normalized spacial score (nSPS) is 16.0. The van der Waals surface area contributed by atoms with Crippen LogP contribution < -0.4 is 0 Å². The van der Waals surface area contributed by atoms with Crippen LogP contribution in [0.4, 0.5) is 8.78 Å². The summed E-state index contributed by atoms with van der Waals surface area (Å²) in [6, 6.07) is 4.94. The largest absolute Gasteiger partial charge is 0.303 e. The quantitative estimate of drug-likeness (QED) is 0.647. The number of hydrogen-bond donors (Lipinski definition) is 1. The highest BCUT2D eigenvalue weighted by atomic mass is 32.2. The van der Waals surface area contributed by atoms with Gasteiger partial charge < -0.3 is 0 Å². The van der Waals surface area contributed by atoms with Crippen molar-refractivity contribution in [1.29, 1.82) is 0 Å². The molecule has 0 aliphatic rings. The lowest BCUT2D eigenvalue weighted by molar-refractivity contribution is 0.0289. The molecule has 108 valence electrons. The molecule has 1 rings (SSSR count). The summed E-state index contributed by atoms with van der Waals surface area (Å²) in [6.07, 6.45) is -3.36. The van der Waals surface area contributed by atoms with Crippen LogP contribution in [-0.4, -0.2) is 33.2 Å². The Hall–Kier alpha value is -1.10. The van der Waals surface area contributed by atoms with E-state index in [1.807, 2.05) is 0 Å². The minimum absolute atomic E-state index is 0.469. The van der Waals surface area contributed by atoms with E-state index in [2.05, 4.69) is 4.18 Å². The molecule has 0 bridgehead atoms. The highest BCUT2D eigenvalue weighted by Gasteiger charge is 2.37. The Labute approximate surface area is 108 Å². The Morgan fingerprint density at radius 3 is 2.00 bits per heavy atom. The average molecular weight is 316 g/mol. The van der Waals surface area contributed by atoms with Crippen LogP contribution in [0.5, 0.6) is 0 Å². The molecule has 0 aliphatic carbocycles. The Kier molecular flexibility index (Phi) is 4.61. The zero-order valence-corrected chi connectivity index (χ0v) is 11.2. The molecule has 6 nitrogen and oxygen atoms in total. The van der Waals surface area contributed by atoms with E-state index in [0.717, 1.165) is 17.7 Å². The topological polar surface area (TPSA) is 97.7 Å². The van der Waals surface area contributed by atoms with E-state index >= 15 is 0 Å². The van der Waals surface area contributed by atoms with Gasteiger partial charge in [0.25, 0.3) is 22.0 Å². The first kappa shape index (κ1) is 16.0. The van der Waals surface area contributed by atoms with Crippen LogP contribution in [0, 0.1) is 6.92 Å². The van der Waals surface area contributed by atoms with Gasteiger partial charge in [-0.05, 0) is 19.1 Å². The summed E-state index contributed by atoms with van der Waals surface area (Å²) in [5.41, 5.74) is -2.79. The van der Waals surface area contributed by atoms with Gasteiger partial charge in [-0.15, -0.1) is 0 Å². The van der Waals surface area contributed by atoms with Crippen molar-refractivity contribution in [2.24, 2.45) is 0 Å². The first-order valence-corrected chi connectivity index (χ1v) is 7.69. The lowest BCUT2D eigenvalue weighted by Gasteiger charge is -2.12. The van der Waals surface area contributed by atoms with Crippen molar-refractivity contribution in [3.63, 3.8) is 0 Å². The van der Waals surface area contributed by atoms with E-state index in [1.165, 1.54) is 12.1 Å². The third-order valence-electron chi connectivity index (χ3n) is 2.02. The summed E-state index contributed by atoms with van der Waals surface area (Å²) in [4.78, 5) is -0.469. The van der Waals surface area contributed by atoms with Crippen LogP contribution in [-0.2, 0) is 24.4 Å². The number of alkyl halides is 2. The molecule has 0 amide bonds. The monoisotopic (exact) mass is 316 g/mol. The smallest absolute Gasteiger partial charge is 0.283 e. The molecule has 1 N–H and O–H groups in total. The third kappa shape index (κ3) is 4.20. The average Bonchev–Trinajstić information content (AvgIpc) is 2.26. The maximum absolute atomic E-state index is 13.0. The van der Waals surface area contributed by atoms with Crippen LogP contribution in [0.1, 0.15) is 5.56 Å². The second-order valence-corrected chi connectivity index (χ2v) is 6.63. The SMILES string of the molecule is Cc1ccc(S(=O)(=O)OC(F)C(F)S(=O)(=O)O)cc1. The fourth-order valence-corrected chi connectivity index (χ4v) is 2.38. The fraction of sp³-hybridized carbons (Fsp3) is 0.333. The molecule has 10 heteroatoms. The van der Waals surface area contributed by atoms with Crippen molar-refractivity contribution in [2.45, 2.75) is 23.7 Å². The van der Waals surface area contributed by atoms with Gasteiger partial charge in [0.2, 0.25) is 0 Å². The number of halogens is 2. The molecule has 0 saturated heterocycles. The van der Waals surface area contributed by atoms with Gasteiger partial charge in [-0.3, -0.25) is 4.55 Å². The summed E-state index contributed by atoms with van der Waals surface area (Å²) in [5, 5.41) is 0. The molecule has 1 aromatic carbocycles. The van der Waals surface area contributed by atoms with Gasteiger partial charge in [0.1, 0.15) is 0 Å².